The molecule has 1 heterocycles. The number of benzene rings is 2. The molecule has 0 spiro atoms. The highest BCUT2D eigenvalue weighted by Crippen LogP contribution is 2.18. The van der Waals surface area contributed by atoms with Crippen molar-refractivity contribution in [1.29, 1.82) is 0 Å². The molecule has 2 aromatic carbocycles. The monoisotopic (exact) mass is 413 g/mol. The Morgan fingerprint density at radius 3 is 2.52 bits per heavy atom. The topological polar surface area (TPSA) is 105 Å². The zero-order valence-electron chi connectivity index (χ0n) is 16.9. The molecule has 7 nitrogen and oxygen atoms in total. The van der Waals surface area contributed by atoms with Crippen LogP contribution in [0.3, 0.4) is 0 Å². The molecule has 2 N–H and O–H groups in total. The van der Waals surface area contributed by atoms with Crippen molar-refractivity contribution in [2.24, 2.45) is 11.0 Å². The third kappa shape index (κ3) is 4.82. The van der Waals surface area contributed by atoms with E-state index in [1.54, 1.807) is 55.5 Å². The van der Waals surface area contributed by atoms with Crippen LogP contribution in [-0.2, 0) is 19.2 Å². The van der Waals surface area contributed by atoms with Crippen molar-refractivity contribution in [3.63, 3.8) is 0 Å². The highest BCUT2D eigenvalue weighted by atomic mass is 16.2. The minimum atomic E-state index is -0.739. The van der Waals surface area contributed by atoms with Crippen molar-refractivity contribution in [3.05, 3.63) is 70.8 Å². The number of Topliss-reactive ketones (excluding diaryl/α,β-unsaturated/α-hetero) is 2. The van der Waals surface area contributed by atoms with Gasteiger partial charge in [-0.15, -0.1) is 6.42 Å². The summed E-state index contributed by atoms with van der Waals surface area (Å²) >= 11 is 0. The first kappa shape index (κ1) is 21.4. The number of amides is 2. The van der Waals surface area contributed by atoms with Gasteiger partial charge in [0, 0.05) is 11.3 Å². The largest absolute Gasteiger partial charge is 0.322 e. The number of ketones is 2. The summed E-state index contributed by atoms with van der Waals surface area (Å²) in [5, 5.41) is 6.64. The zero-order valence-corrected chi connectivity index (χ0v) is 16.9. The predicted octanol–water partition coefficient (Wildman–Crippen LogP) is 2.32. The molecule has 0 saturated carbocycles. The Morgan fingerprint density at radius 2 is 1.87 bits per heavy atom. The molecule has 1 atom stereocenters. The van der Waals surface area contributed by atoms with E-state index in [2.05, 4.69) is 21.8 Å². The lowest BCUT2D eigenvalue weighted by Gasteiger charge is -2.18. The fourth-order valence-electron chi connectivity index (χ4n) is 3.03. The first-order valence-corrected chi connectivity index (χ1v) is 9.43. The van der Waals surface area contributed by atoms with E-state index in [9.17, 15) is 19.2 Å². The van der Waals surface area contributed by atoms with E-state index in [-0.39, 0.29) is 11.4 Å². The molecule has 0 saturated heterocycles. The van der Waals surface area contributed by atoms with Crippen LogP contribution >= 0.6 is 0 Å². The number of nitrogens with one attached hydrogen (secondary N) is 2. The number of anilines is 1. The number of rotatable bonds is 5. The lowest BCUT2D eigenvalue weighted by Crippen LogP contribution is -2.41. The maximum Gasteiger partial charge on any atom is 0.308 e. The molecule has 0 aliphatic carbocycles. The molecule has 31 heavy (non-hydrogen) atoms. The minimum absolute atomic E-state index is 0.0168. The van der Waals surface area contributed by atoms with Crippen molar-refractivity contribution in [2.45, 2.75) is 13.8 Å². The Morgan fingerprint density at radius 1 is 1.16 bits per heavy atom. The van der Waals surface area contributed by atoms with Crippen LogP contribution in [0.2, 0.25) is 0 Å². The van der Waals surface area contributed by atoms with E-state index in [0.29, 0.717) is 28.1 Å². The van der Waals surface area contributed by atoms with Gasteiger partial charge in [0.1, 0.15) is 0 Å². The second-order valence-electron chi connectivity index (χ2n) is 6.94. The number of nitrogens with zero attached hydrogens (tertiary/aromatic N) is 1. The summed E-state index contributed by atoms with van der Waals surface area (Å²) < 4.78 is 0. The molecule has 1 unspecified atom stereocenters. The van der Waals surface area contributed by atoms with Crippen LogP contribution in [0.1, 0.15) is 30.5 Å². The van der Waals surface area contributed by atoms with Gasteiger partial charge in [0.05, 0.1) is 17.2 Å². The molecule has 0 fully saturated rings. The molecule has 154 valence electrons. The van der Waals surface area contributed by atoms with E-state index in [4.69, 9.17) is 6.42 Å². The summed E-state index contributed by atoms with van der Waals surface area (Å²) in [7, 11) is 0. The molecule has 1 aliphatic rings. The van der Waals surface area contributed by atoms with Gasteiger partial charge in [-0.1, -0.05) is 30.2 Å². The molecular formula is C24H19N3O4. The van der Waals surface area contributed by atoms with Gasteiger partial charge < -0.3 is 5.32 Å². The van der Waals surface area contributed by atoms with Crippen LogP contribution in [0.5, 0.6) is 0 Å². The van der Waals surface area contributed by atoms with Gasteiger partial charge in [-0.3, -0.25) is 19.2 Å². The van der Waals surface area contributed by atoms with E-state index in [1.807, 2.05) is 0 Å². The fraction of sp³-hybridized carbons (Fsp3) is 0.125. The minimum Gasteiger partial charge on any atom is -0.322 e. The van der Waals surface area contributed by atoms with Gasteiger partial charge in [-0.05, 0) is 55.3 Å². The average Bonchev–Trinajstić information content (AvgIpc) is 2.76. The number of hydrazone groups is 1. The highest BCUT2D eigenvalue weighted by molar-refractivity contribution is 6.43. The van der Waals surface area contributed by atoms with Crippen LogP contribution < -0.4 is 10.7 Å². The van der Waals surface area contributed by atoms with Crippen molar-refractivity contribution >= 4 is 40.9 Å². The SMILES string of the molecule is C#Cc1cccc(C=C(C(C)=O)C(=O)Nc2ccc(C3=NNC(=O)C(=O)C3C)cc2)c1. The van der Waals surface area contributed by atoms with E-state index in [0.717, 1.165) is 0 Å². The van der Waals surface area contributed by atoms with E-state index >= 15 is 0 Å². The van der Waals surface area contributed by atoms with Crippen LogP contribution in [0, 0.1) is 18.3 Å². The number of carbonyl (C=O) groups excluding carboxylic acids is 4. The Kier molecular flexibility index (Phi) is 6.22. The van der Waals surface area contributed by atoms with Gasteiger partial charge >= 0.3 is 5.91 Å². The van der Waals surface area contributed by atoms with Crippen LogP contribution in [-0.4, -0.2) is 29.1 Å². The van der Waals surface area contributed by atoms with Crippen LogP contribution in [0.4, 0.5) is 5.69 Å². The van der Waals surface area contributed by atoms with E-state index < -0.39 is 23.5 Å². The third-order valence-corrected chi connectivity index (χ3v) is 4.73. The standard InChI is InChI=1S/C24H19N3O4/c1-4-16-6-5-7-17(12-16)13-20(15(3)28)23(30)25-19-10-8-18(9-11-19)21-14(2)22(29)24(31)27-26-21/h1,5-14H,2-3H3,(H,25,30)(H,27,31). The zero-order chi connectivity index (χ0) is 22.5. The molecule has 0 bridgehead atoms. The normalized spacial score (nSPS) is 16.1. The highest BCUT2D eigenvalue weighted by Gasteiger charge is 2.30. The first-order valence-electron chi connectivity index (χ1n) is 9.43. The van der Waals surface area contributed by atoms with Crippen molar-refractivity contribution in [3.8, 4) is 12.3 Å². The Bertz CT molecular complexity index is 1180. The molecule has 0 radical (unpaired) electrons. The number of hydrogen-bond acceptors (Lipinski definition) is 5. The van der Waals surface area contributed by atoms with Gasteiger partial charge in [0.25, 0.3) is 5.91 Å². The summed E-state index contributed by atoms with van der Waals surface area (Å²) in [6, 6.07) is 13.5. The summed E-state index contributed by atoms with van der Waals surface area (Å²) in [4.78, 5) is 47.9. The summed E-state index contributed by atoms with van der Waals surface area (Å²) in [6.45, 7) is 2.92. The third-order valence-electron chi connectivity index (χ3n) is 4.73. The van der Waals surface area contributed by atoms with Gasteiger partial charge in [-0.2, -0.15) is 5.10 Å². The number of hydrogen-bond donors (Lipinski definition) is 2. The maximum atomic E-state index is 12.7. The van der Waals surface area contributed by atoms with E-state index in [1.165, 1.54) is 13.0 Å². The molecule has 0 aromatic heterocycles. The van der Waals surface area contributed by atoms with Crippen LogP contribution in [0.15, 0.2) is 59.2 Å². The smallest absolute Gasteiger partial charge is 0.308 e. The second-order valence-corrected chi connectivity index (χ2v) is 6.94. The fourth-order valence-corrected chi connectivity index (χ4v) is 3.03. The Hall–Kier alpha value is -4.31. The lowest BCUT2D eigenvalue weighted by atomic mass is 9.93. The summed E-state index contributed by atoms with van der Waals surface area (Å²) in [6.07, 6.45) is 6.88. The number of terminal acetylenes is 1. The maximum absolute atomic E-state index is 12.7. The van der Waals surface area contributed by atoms with Crippen molar-refractivity contribution in [2.75, 3.05) is 5.32 Å². The summed E-state index contributed by atoms with van der Waals surface area (Å²) in [5.41, 5.74) is 4.97. The van der Waals surface area contributed by atoms with Crippen molar-refractivity contribution in [1.82, 2.24) is 5.43 Å². The second kappa shape index (κ2) is 9.01. The quantitative estimate of drug-likeness (QED) is 0.258. The Labute approximate surface area is 179 Å². The predicted molar refractivity (Wildman–Crippen MR) is 117 cm³/mol. The molecule has 1 aliphatic heterocycles. The van der Waals surface area contributed by atoms with Gasteiger partial charge in [-0.25, -0.2) is 5.43 Å². The van der Waals surface area contributed by atoms with Crippen molar-refractivity contribution < 1.29 is 19.2 Å². The Balaban J connectivity index is 1.79. The first-order chi connectivity index (χ1) is 14.8. The van der Waals surface area contributed by atoms with Gasteiger partial charge in [0.15, 0.2) is 5.78 Å². The average molecular weight is 413 g/mol. The number of carbonyl (C=O) groups is 4. The summed E-state index contributed by atoms with van der Waals surface area (Å²) in [5.74, 6) is -0.405. The molecule has 3 rings (SSSR count). The van der Waals surface area contributed by atoms with Gasteiger partial charge in [0.2, 0.25) is 5.78 Å². The molecule has 2 amide bonds. The molecule has 2 aromatic rings. The lowest BCUT2D eigenvalue weighted by molar-refractivity contribution is -0.139. The molecule has 7 heteroatoms. The molecular weight excluding hydrogens is 394 g/mol. The van der Waals surface area contributed by atoms with Crippen LogP contribution in [0.25, 0.3) is 6.08 Å².